The van der Waals surface area contributed by atoms with Gasteiger partial charge in [0.05, 0.1) is 5.75 Å². The number of hydrogen-bond acceptors (Lipinski definition) is 6. The third-order valence-corrected chi connectivity index (χ3v) is 5.37. The zero-order valence-corrected chi connectivity index (χ0v) is 16.2. The average molecular weight is 383 g/mol. The van der Waals surface area contributed by atoms with Gasteiger partial charge in [0.15, 0.2) is 4.34 Å². The summed E-state index contributed by atoms with van der Waals surface area (Å²) in [6.07, 6.45) is 2.08. The standard InChI is InChI=1S/C17H23FN4OS2/c1-11(2)7-8-12(3)19-15(23)10-24-17-22-21-16(25-17)20-14-6-4-5-13(18)9-14/h4-6,9,11-12H,7-8,10H2,1-3H3,(H,19,23)(H,20,21)/t12-/m0/s1. The Labute approximate surface area is 155 Å². The molecule has 0 aliphatic rings. The Morgan fingerprint density at radius 1 is 1.28 bits per heavy atom. The normalized spacial score (nSPS) is 12.2. The summed E-state index contributed by atoms with van der Waals surface area (Å²) in [4.78, 5) is 12.0. The number of carbonyl (C=O) groups excluding carboxylic acids is 1. The first-order valence-corrected chi connectivity index (χ1v) is 10.0. The van der Waals surface area contributed by atoms with E-state index in [-0.39, 0.29) is 17.8 Å². The zero-order chi connectivity index (χ0) is 18.2. The number of anilines is 2. The van der Waals surface area contributed by atoms with Gasteiger partial charge >= 0.3 is 0 Å². The molecule has 1 atom stereocenters. The first kappa shape index (κ1) is 19.7. The number of carbonyl (C=O) groups is 1. The van der Waals surface area contributed by atoms with E-state index < -0.39 is 0 Å². The highest BCUT2D eigenvalue weighted by molar-refractivity contribution is 8.01. The summed E-state index contributed by atoms with van der Waals surface area (Å²) in [6.45, 7) is 6.38. The van der Waals surface area contributed by atoms with Crippen molar-refractivity contribution in [3.63, 3.8) is 0 Å². The van der Waals surface area contributed by atoms with Gasteiger partial charge in [-0.05, 0) is 43.9 Å². The molecule has 1 aromatic heterocycles. The molecule has 2 aromatic rings. The molecular weight excluding hydrogens is 359 g/mol. The number of hydrogen-bond donors (Lipinski definition) is 2. The Morgan fingerprint density at radius 3 is 2.80 bits per heavy atom. The SMILES string of the molecule is CC(C)CC[C@H](C)NC(=O)CSc1nnc(Nc2cccc(F)c2)s1. The van der Waals surface area contributed by atoms with Crippen LogP contribution in [-0.2, 0) is 4.79 Å². The van der Waals surface area contributed by atoms with Crippen molar-refractivity contribution < 1.29 is 9.18 Å². The highest BCUT2D eigenvalue weighted by Crippen LogP contribution is 2.27. The van der Waals surface area contributed by atoms with Crippen LogP contribution < -0.4 is 10.6 Å². The van der Waals surface area contributed by atoms with Gasteiger partial charge < -0.3 is 10.6 Å². The molecule has 5 nitrogen and oxygen atoms in total. The van der Waals surface area contributed by atoms with E-state index in [1.54, 1.807) is 12.1 Å². The largest absolute Gasteiger partial charge is 0.353 e. The Morgan fingerprint density at radius 2 is 2.08 bits per heavy atom. The van der Waals surface area contributed by atoms with Gasteiger partial charge in [-0.2, -0.15) is 0 Å². The Kier molecular flexibility index (Phi) is 7.64. The van der Waals surface area contributed by atoms with Crippen LogP contribution >= 0.6 is 23.1 Å². The second-order valence-corrected chi connectivity index (χ2v) is 8.44. The number of halogens is 1. The quantitative estimate of drug-likeness (QED) is 0.627. The van der Waals surface area contributed by atoms with Gasteiger partial charge in [0, 0.05) is 11.7 Å². The molecule has 25 heavy (non-hydrogen) atoms. The lowest BCUT2D eigenvalue weighted by Gasteiger charge is -2.14. The van der Waals surface area contributed by atoms with Crippen LogP contribution in [0.4, 0.5) is 15.2 Å². The van der Waals surface area contributed by atoms with Crippen LogP contribution in [-0.4, -0.2) is 27.9 Å². The maximum Gasteiger partial charge on any atom is 0.230 e. The third kappa shape index (κ3) is 7.39. The number of nitrogens with zero attached hydrogens (tertiary/aromatic N) is 2. The molecule has 0 bridgehead atoms. The molecule has 0 radical (unpaired) electrons. The van der Waals surface area contributed by atoms with Crippen molar-refractivity contribution in [3.8, 4) is 0 Å². The van der Waals surface area contributed by atoms with Gasteiger partial charge in [-0.1, -0.05) is 43.0 Å². The van der Waals surface area contributed by atoms with Crippen LogP contribution in [0.5, 0.6) is 0 Å². The summed E-state index contributed by atoms with van der Waals surface area (Å²) in [5, 5.41) is 14.6. The highest BCUT2D eigenvalue weighted by atomic mass is 32.2. The van der Waals surface area contributed by atoms with Crippen molar-refractivity contribution >= 4 is 39.8 Å². The number of rotatable bonds is 9. The number of thioether (sulfide) groups is 1. The van der Waals surface area contributed by atoms with E-state index >= 15 is 0 Å². The topological polar surface area (TPSA) is 66.9 Å². The fraction of sp³-hybridized carbons (Fsp3) is 0.471. The molecule has 2 N–H and O–H groups in total. The van der Waals surface area contributed by atoms with E-state index in [1.165, 1.54) is 35.2 Å². The molecule has 0 spiro atoms. The molecule has 2 rings (SSSR count). The summed E-state index contributed by atoms with van der Waals surface area (Å²) in [6, 6.07) is 6.32. The average Bonchev–Trinajstić information content (AvgIpc) is 2.98. The summed E-state index contributed by atoms with van der Waals surface area (Å²) in [5.74, 6) is 0.628. The van der Waals surface area contributed by atoms with E-state index in [4.69, 9.17) is 0 Å². The van der Waals surface area contributed by atoms with Gasteiger partial charge in [0.25, 0.3) is 0 Å². The van der Waals surface area contributed by atoms with Crippen molar-refractivity contribution in [2.75, 3.05) is 11.1 Å². The molecule has 0 saturated carbocycles. The Balaban J connectivity index is 1.76. The lowest BCUT2D eigenvalue weighted by atomic mass is 10.0. The van der Waals surface area contributed by atoms with E-state index in [0.29, 0.717) is 26.8 Å². The third-order valence-electron chi connectivity index (χ3n) is 3.39. The molecule has 136 valence electrons. The first-order chi connectivity index (χ1) is 11.9. The number of amides is 1. The van der Waals surface area contributed by atoms with Crippen molar-refractivity contribution in [1.82, 2.24) is 15.5 Å². The minimum Gasteiger partial charge on any atom is -0.353 e. The van der Waals surface area contributed by atoms with Crippen LogP contribution in [0.25, 0.3) is 0 Å². The number of nitrogens with one attached hydrogen (secondary N) is 2. The zero-order valence-electron chi connectivity index (χ0n) is 14.6. The van der Waals surface area contributed by atoms with Gasteiger partial charge in [0.2, 0.25) is 11.0 Å². The molecule has 0 fully saturated rings. The number of aromatic nitrogens is 2. The first-order valence-electron chi connectivity index (χ1n) is 8.20. The van der Waals surface area contributed by atoms with E-state index in [1.807, 2.05) is 6.92 Å². The Bertz CT molecular complexity index is 693. The van der Waals surface area contributed by atoms with E-state index in [9.17, 15) is 9.18 Å². The summed E-state index contributed by atoms with van der Waals surface area (Å²) >= 11 is 2.68. The molecule has 0 aliphatic carbocycles. The summed E-state index contributed by atoms with van der Waals surface area (Å²) in [7, 11) is 0. The van der Waals surface area contributed by atoms with Crippen LogP contribution in [0.3, 0.4) is 0 Å². The van der Waals surface area contributed by atoms with Crippen molar-refractivity contribution in [1.29, 1.82) is 0 Å². The monoisotopic (exact) mass is 382 g/mol. The van der Waals surface area contributed by atoms with Gasteiger partial charge in [-0.25, -0.2) is 4.39 Å². The van der Waals surface area contributed by atoms with E-state index in [2.05, 4.69) is 34.7 Å². The van der Waals surface area contributed by atoms with Crippen molar-refractivity contribution in [3.05, 3.63) is 30.1 Å². The van der Waals surface area contributed by atoms with Crippen LogP contribution in [0.15, 0.2) is 28.6 Å². The predicted molar refractivity (Wildman–Crippen MR) is 102 cm³/mol. The molecule has 0 saturated heterocycles. The fourth-order valence-electron chi connectivity index (χ4n) is 2.11. The summed E-state index contributed by atoms with van der Waals surface area (Å²) < 4.78 is 13.9. The molecule has 1 heterocycles. The van der Waals surface area contributed by atoms with Gasteiger partial charge in [0.1, 0.15) is 5.82 Å². The summed E-state index contributed by atoms with van der Waals surface area (Å²) in [5.41, 5.74) is 0.615. The van der Waals surface area contributed by atoms with Crippen LogP contribution in [0, 0.1) is 11.7 Å². The smallest absolute Gasteiger partial charge is 0.230 e. The molecule has 0 unspecified atom stereocenters. The molecule has 8 heteroatoms. The maximum absolute atomic E-state index is 13.2. The lowest BCUT2D eigenvalue weighted by Crippen LogP contribution is -2.33. The Hall–Kier alpha value is -1.67. The molecular formula is C17H23FN4OS2. The van der Waals surface area contributed by atoms with Crippen molar-refractivity contribution in [2.45, 2.75) is 44.0 Å². The predicted octanol–water partition coefficient (Wildman–Crippen LogP) is 4.45. The minimum atomic E-state index is -0.313. The highest BCUT2D eigenvalue weighted by Gasteiger charge is 2.11. The fourth-order valence-corrected chi connectivity index (χ4v) is 3.69. The van der Waals surface area contributed by atoms with Gasteiger partial charge in [-0.3, -0.25) is 4.79 Å². The van der Waals surface area contributed by atoms with Gasteiger partial charge in [-0.15, -0.1) is 10.2 Å². The lowest BCUT2D eigenvalue weighted by molar-refractivity contribution is -0.119. The number of benzene rings is 1. The van der Waals surface area contributed by atoms with Crippen molar-refractivity contribution in [2.24, 2.45) is 5.92 Å². The second-order valence-electron chi connectivity index (χ2n) is 6.24. The van der Waals surface area contributed by atoms with Crippen LogP contribution in [0.2, 0.25) is 0 Å². The van der Waals surface area contributed by atoms with E-state index in [0.717, 1.165) is 12.8 Å². The minimum absolute atomic E-state index is 0.00362. The second kappa shape index (κ2) is 9.72. The molecule has 1 amide bonds. The molecule has 1 aromatic carbocycles. The maximum atomic E-state index is 13.2. The molecule has 0 aliphatic heterocycles. The van der Waals surface area contributed by atoms with Crippen LogP contribution in [0.1, 0.15) is 33.6 Å².